The molecule has 3 fully saturated rings. The average Bonchev–Trinajstić information content (AvgIpc) is 3.97. The lowest BCUT2D eigenvalue weighted by atomic mass is 9.81. The zero-order valence-electron chi connectivity index (χ0n) is 33.6. The van der Waals surface area contributed by atoms with Crippen molar-refractivity contribution in [2.45, 2.75) is 88.9 Å². The van der Waals surface area contributed by atoms with Crippen molar-refractivity contribution in [1.82, 2.24) is 0 Å². The van der Waals surface area contributed by atoms with Gasteiger partial charge in [0.05, 0.1) is 5.69 Å². The first-order valence-electron chi connectivity index (χ1n) is 21.9. The van der Waals surface area contributed by atoms with Crippen LogP contribution >= 0.6 is 0 Å². The van der Waals surface area contributed by atoms with Crippen molar-refractivity contribution in [2.75, 3.05) is 4.90 Å². The highest BCUT2D eigenvalue weighted by Gasteiger charge is 2.40. The molecule has 0 heterocycles. The Morgan fingerprint density at radius 3 is 1.84 bits per heavy atom. The van der Waals surface area contributed by atoms with Gasteiger partial charge in [-0.05, 0) is 159 Å². The summed E-state index contributed by atoms with van der Waals surface area (Å²) in [5.41, 5.74) is 17.1. The first kappa shape index (κ1) is 34.8. The Hall–Kier alpha value is -5.40. The third-order valence-electron chi connectivity index (χ3n) is 14.8. The molecule has 3 saturated carbocycles. The van der Waals surface area contributed by atoms with Crippen LogP contribution < -0.4 is 4.90 Å². The monoisotopic (exact) mass is 739 g/mol. The van der Waals surface area contributed by atoms with Gasteiger partial charge in [0.1, 0.15) is 0 Å². The molecule has 0 saturated heterocycles. The van der Waals surface area contributed by atoms with E-state index in [0.29, 0.717) is 5.92 Å². The second-order valence-electron chi connectivity index (χ2n) is 18.4. The fourth-order valence-electron chi connectivity index (χ4n) is 11.6. The third kappa shape index (κ3) is 6.05. The zero-order valence-corrected chi connectivity index (χ0v) is 33.6. The molecular weight excluding hydrogens is 687 g/mol. The molecule has 1 nitrogen and oxygen atoms in total. The molecule has 0 aromatic heterocycles. The molecule has 1 heteroatoms. The van der Waals surface area contributed by atoms with E-state index in [2.05, 4.69) is 170 Å². The van der Waals surface area contributed by atoms with Crippen LogP contribution in [0.2, 0.25) is 0 Å². The topological polar surface area (TPSA) is 3.24 Å². The molecule has 0 amide bonds. The van der Waals surface area contributed by atoms with Gasteiger partial charge in [-0.3, -0.25) is 0 Å². The van der Waals surface area contributed by atoms with Crippen LogP contribution in [0.25, 0.3) is 44.2 Å². The summed E-state index contributed by atoms with van der Waals surface area (Å²) in [5, 5.41) is 2.53. The summed E-state index contributed by atoms with van der Waals surface area (Å²) in [4.78, 5) is 2.54. The first-order chi connectivity index (χ1) is 28.0. The molecule has 282 valence electrons. The molecule has 3 atom stereocenters. The molecule has 2 bridgehead atoms. The molecule has 57 heavy (non-hydrogen) atoms. The Bertz CT molecular complexity index is 2590. The summed E-state index contributed by atoms with van der Waals surface area (Å²) in [6.45, 7) is 4.80. The molecule has 0 spiro atoms. The first-order valence-corrected chi connectivity index (χ1v) is 21.9. The van der Waals surface area contributed by atoms with Crippen molar-refractivity contribution in [1.29, 1.82) is 0 Å². The van der Waals surface area contributed by atoms with E-state index in [0.717, 1.165) is 17.8 Å². The van der Waals surface area contributed by atoms with Crippen LogP contribution in [0.4, 0.5) is 17.1 Å². The second kappa shape index (κ2) is 13.9. The largest absolute Gasteiger partial charge is 0.310 e. The van der Waals surface area contributed by atoms with Gasteiger partial charge >= 0.3 is 0 Å². The summed E-state index contributed by atoms with van der Waals surface area (Å²) in [5.74, 6) is 3.30. The van der Waals surface area contributed by atoms with Crippen LogP contribution in [-0.4, -0.2) is 0 Å². The van der Waals surface area contributed by atoms with Gasteiger partial charge in [-0.15, -0.1) is 0 Å². The number of rotatable bonds is 7. The number of hydrogen-bond donors (Lipinski definition) is 0. The van der Waals surface area contributed by atoms with E-state index >= 15 is 0 Å². The highest BCUT2D eigenvalue weighted by molar-refractivity contribution is 5.97. The molecule has 4 aliphatic rings. The van der Waals surface area contributed by atoms with E-state index in [9.17, 15) is 0 Å². The van der Waals surface area contributed by atoms with Crippen molar-refractivity contribution < 1.29 is 0 Å². The minimum absolute atomic E-state index is 0.118. The minimum atomic E-state index is -0.118. The quantitative estimate of drug-likeness (QED) is 0.157. The summed E-state index contributed by atoms with van der Waals surface area (Å²) in [6.07, 6.45) is 12.4. The molecule has 4 aliphatic carbocycles. The molecule has 0 N–H and O–H groups in total. The van der Waals surface area contributed by atoms with Crippen LogP contribution in [0.15, 0.2) is 152 Å². The highest BCUT2D eigenvalue weighted by atomic mass is 15.1. The number of hydrogen-bond acceptors (Lipinski definition) is 1. The second-order valence-corrected chi connectivity index (χ2v) is 18.4. The molecule has 3 unspecified atom stereocenters. The Morgan fingerprint density at radius 1 is 0.474 bits per heavy atom. The van der Waals surface area contributed by atoms with E-state index in [1.807, 2.05) is 0 Å². The van der Waals surface area contributed by atoms with Gasteiger partial charge in [-0.1, -0.05) is 149 Å². The number of benzene rings is 7. The standard InChI is InChI=1S/C56H53N/c1-56(2)53-15-9-8-14-49(53)52-35-51(46-23-20-39-12-6-7-13-44(39)34-46)55(36-54(52)56)57(47-28-24-41(25-29-47)38-10-4-3-5-11-38)48-30-26-42(27-31-48)40-18-21-43(22-19-40)50-33-37-16-17-45(50)32-37/h6-9,12-15,18-31,34-38,45,50H,3-5,10-11,16-17,32-33H2,1-2H3. The molecular formula is C56H53N. The van der Waals surface area contributed by atoms with Crippen molar-refractivity contribution in [3.05, 3.63) is 174 Å². The van der Waals surface area contributed by atoms with Gasteiger partial charge in [0.2, 0.25) is 0 Å². The van der Waals surface area contributed by atoms with Crippen molar-refractivity contribution in [2.24, 2.45) is 11.8 Å². The van der Waals surface area contributed by atoms with Crippen LogP contribution in [0.5, 0.6) is 0 Å². The minimum Gasteiger partial charge on any atom is -0.310 e. The maximum atomic E-state index is 2.54. The third-order valence-corrected chi connectivity index (χ3v) is 14.8. The lowest BCUT2D eigenvalue weighted by molar-refractivity contribution is 0.420. The van der Waals surface area contributed by atoms with E-state index in [1.165, 1.54) is 136 Å². The Morgan fingerprint density at radius 2 is 1.12 bits per heavy atom. The number of nitrogens with zero attached hydrogens (tertiary/aromatic N) is 1. The average molecular weight is 740 g/mol. The van der Waals surface area contributed by atoms with Gasteiger partial charge in [0, 0.05) is 22.4 Å². The lowest BCUT2D eigenvalue weighted by Gasteiger charge is -2.31. The number of anilines is 3. The van der Waals surface area contributed by atoms with Crippen molar-refractivity contribution in [3.8, 4) is 33.4 Å². The normalized spacial score (nSPS) is 20.8. The van der Waals surface area contributed by atoms with Gasteiger partial charge in [-0.25, -0.2) is 0 Å². The van der Waals surface area contributed by atoms with Crippen LogP contribution in [-0.2, 0) is 5.41 Å². The van der Waals surface area contributed by atoms with Gasteiger partial charge in [0.15, 0.2) is 0 Å². The summed E-state index contributed by atoms with van der Waals surface area (Å²) >= 11 is 0. The maximum Gasteiger partial charge on any atom is 0.0543 e. The summed E-state index contributed by atoms with van der Waals surface area (Å²) in [7, 11) is 0. The van der Waals surface area contributed by atoms with E-state index in [1.54, 1.807) is 5.56 Å². The van der Waals surface area contributed by atoms with E-state index in [4.69, 9.17) is 0 Å². The van der Waals surface area contributed by atoms with Crippen LogP contribution in [0.3, 0.4) is 0 Å². The SMILES string of the molecule is CC1(C)c2ccccc2-c2cc(-c3ccc4ccccc4c3)c(N(c3ccc(-c4ccc(C5CC6CCC5C6)cc4)cc3)c3ccc(C4CCCCC4)cc3)cc21. The van der Waals surface area contributed by atoms with Crippen LogP contribution in [0.1, 0.15) is 106 Å². The Labute approximate surface area is 339 Å². The smallest absolute Gasteiger partial charge is 0.0543 e. The van der Waals surface area contributed by atoms with Crippen LogP contribution in [0, 0.1) is 11.8 Å². The van der Waals surface area contributed by atoms with Crippen molar-refractivity contribution >= 4 is 27.8 Å². The zero-order chi connectivity index (χ0) is 38.1. The lowest BCUT2D eigenvalue weighted by Crippen LogP contribution is -2.17. The maximum absolute atomic E-state index is 2.54. The fourth-order valence-corrected chi connectivity index (χ4v) is 11.6. The van der Waals surface area contributed by atoms with E-state index < -0.39 is 0 Å². The molecule has 0 radical (unpaired) electrons. The Balaban J connectivity index is 1.05. The fraction of sp³-hybridized carbons (Fsp3) is 0.286. The predicted molar refractivity (Wildman–Crippen MR) is 241 cm³/mol. The molecule has 0 aliphatic heterocycles. The molecule has 7 aromatic rings. The van der Waals surface area contributed by atoms with Gasteiger partial charge in [0.25, 0.3) is 0 Å². The summed E-state index contributed by atoms with van der Waals surface area (Å²) in [6, 6.07) is 58.4. The van der Waals surface area contributed by atoms with Gasteiger partial charge < -0.3 is 4.90 Å². The molecule has 11 rings (SSSR count). The summed E-state index contributed by atoms with van der Waals surface area (Å²) < 4.78 is 0. The van der Waals surface area contributed by atoms with E-state index in [-0.39, 0.29) is 5.41 Å². The number of fused-ring (bicyclic) bond motifs is 6. The Kier molecular flexibility index (Phi) is 8.50. The molecule has 7 aromatic carbocycles. The highest BCUT2D eigenvalue weighted by Crippen LogP contribution is 2.55. The van der Waals surface area contributed by atoms with Crippen molar-refractivity contribution in [3.63, 3.8) is 0 Å². The predicted octanol–water partition coefficient (Wildman–Crippen LogP) is 15.9. The van der Waals surface area contributed by atoms with Gasteiger partial charge in [-0.2, -0.15) is 0 Å².